The Morgan fingerprint density at radius 3 is 2.82 bits per heavy atom. The Bertz CT molecular complexity index is 269. The van der Waals surface area contributed by atoms with Gasteiger partial charge in [-0.1, -0.05) is 6.92 Å². The molecule has 1 N–H and O–H groups in total. The van der Waals surface area contributed by atoms with Crippen LogP contribution in [0.3, 0.4) is 0 Å². The van der Waals surface area contributed by atoms with Crippen LogP contribution in [0.15, 0.2) is 0 Å². The molecule has 0 aromatic heterocycles. The average molecular weight is 239 g/mol. The zero-order valence-corrected chi connectivity index (χ0v) is 11.1. The van der Waals surface area contributed by atoms with Gasteiger partial charge in [0, 0.05) is 25.2 Å². The Morgan fingerprint density at radius 1 is 1.29 bits per heavy atom. The van der Waals surface area contributed by atoms with E-state index in [1.54, 1.807) is 0 Å². The van der Waals surface area contributed by atoms with Crippen molar-refractivity contribution >= 4 is 5.91 Å². The highest BCUT2D eigenvalue weighted by Crippen LogP contribution is 2.28. The van der Waals surface area contributed by atoms with Crippen LogP contribution in [-0.2, 0) is 4.79 Å². The molecule has 2 bridgehead atoms. The summed E-state index contributed by atoms with van der Waals surface area (Å²) >= 11 is 0. The van der Waals surface area contributed by atoms with Crippen molar-refractivity contribution in [3.63, 3.8) is 0 Å². The van der Waals surface area contributed by atoms with Crippen LogP contribution in [0.25, 0.3) is 0 Å². The summed E-state index contributed by atoms with van der Waals surface area (Å²) in [4.78, 5) is 16.6. The fourth-order valence-corrected chi connectivity index (χ4v) is 3.02. The van der Waals surface area contributed by atoms with Crippen LogP contribution in [0, 0.1) is 0 Å². The number of amides is 1. The number of likely N-dealkylation sites (tertiary alicyclic amines) is 1. The molecule has 17 heavy (non-hydrogen) atoms. The zero-order chi connectivity index (χ0) is 12.3. The quantitative estimate of drug-likeness (QED) is 0.733. The molecule has 0 aromatic carbocycles. The van der Waals surface area contributed by atoms with Gasteiger partial charge < -0.3 is 10.2 Å². The Balaban J connectivity index is 1.83. The molecule has 2 saturated heterocycles. The summed E-state index contributed by atoms with van der Waals surface area (Å²) in [7, 11) is 2.21. The number of carbonyl (C=O) groups excluding carboxylic acids is 1. The maximum Gasteiger partial charge on any atom is 0.236 e. The van der Waals surface area contributed by atoms with Gasteiger partial charge in [-0.05, 0) is 39.3 Å². The molecule has 1 amide bonds. The first-order valence-electron chi connectivity index (χ1n) is 6.92. The number of nitrogens with one attached hydrogen (secondary N) is 1. The number of rotatable bonds is 4. The van der Waals surface area contributed by atoms with Crippen molar-refractivity contribution in [3.8, 4) is 0 Å². The van der Waals surface area contributed by atoms with Gasteiger partial charge in [-0.2, -0.15) is 0 Å². The van der Waals surface area contributed by atoms with Gasteiger partial charge in [-0.25, -0.2) is 0 Å². The molecule has 0 aliphatic carbocycles. The predicted molar refractivity (Wildman–Crippen MR) is 68.9 cm³/mol. The van der Waals surface area contributed by atoms with Gasteiger partial charge in [0.25, 0.3) is 0 Å². The molecule has 4 heteroatoms. The third kappa shape index (κ3) is 2.99. The van der Waals surface area contributed by atoms with Crippen molar-refractivity contribution in [2.45, 2.75) is 44.7 Å². The Kier molecular flexibility index (Phi) is 4.40. The summed E-state index contributed by atoms with van der Waals surface area (Å²) in [5, 5.41) is 3.20. The number of likely N-dealkylation sites (N-methyl/N-ethyl adjacent to an activating group) is 1. The molecule has 0 spiro atoms. The Labute approximate surface area is 104 Å². The second-order valence-electron chi connectivity index (χ2n) is 5.36. The molecular weight excluding hydrogens is 214 g/mol. The SMILES string of the molecule is CCCNCC(=O)N1CCC2CCC(C1)N2C. The molecular formula is C13H25N3O. The Morgan fingerprint density at radius 2 is 2.06 bits per heavy atom. The summed E-state index contributed by atoms with van der Waals surface area (Å²) < 4.78 is 0. The smallest absolute Gasteiger partial charge is 0.236 e. The monoisotopic (exact) mass is 239 g/mol. The predicted octanol–water partition coefficient (Wildman–Crippen LogP) is 0.681. The lowest BCUT2D eigenvalue weighted by Gasteiger charge is -2.26. The lowest BCUT2D eigenvalue weighted by atomic mass is 10.1. The molecule has 2 aliphatic rings. The Hall–Kier alpha value is -0.610. The molecule has 2 rings (SSSR count). The van der Waals surface area contributed by atoms with Crippen LogP contribution in [-0.4, -0.2) is 61.0 Å². The maximum absolute atomic E-state index is 12.1. The summed E-state index contributed by atoms with van der Waals surface area (Å²) in [5.41, 5.74) is 0. The van der Waals surface area contributed by atoms with Crippen molar-refractivity contribution in [3.05, 3.63) is 0 Å². The van der Waals surface area contributed by atoms with Crippen molar-refractivity contribution in [1.29, 1.82) is 0 Å². The highest BCUT2D eigenvalue weighted by molar-refractivity contribution is 5.78. The van der Waals surface area contributed by atoms with E-state index in [9.17, 15) is 4.79 Å². The van der Waals surface area contributed by atoms with E-state index in [1.165, 1.54) is 12.8 Å². The molecule has 2 aliphatic heterocycles. The molecule has 2 heterocycles. The van der Waals surface area contributed by atoms with E-state index < -0.39 is 0 Å². The lowest BCUT2D eigenvalue weighted by molar-refractivity contribution is -0.130. The van der Waals surface area contributed by atoms with E-state index in [1.807, 2.05) is 0 Å². The fourth-order valence-electron chi connectivity index (χ4n) is 3.02. The van der Waals surface area contributed by atoms with Gasteiger partial charge in [0.15, 0.2) is 0 Å². The second-order valence-corrected chi connectivity index (χ2v) is 5.36. The minimum atomic E-state index is 0.277. The van der Waals surface area contributed by atoms with E-state index in [-0.39, 0.29) is 5.91 Å². The molecule has 2 unspecified atom stereocenters. The number of fused-ring (bicyclic) bond motifs is 2. The van der Waals surface area contributed by atoms with Gasteiger partial charge in [0.1, 0.15) is 0 Å². The van der Waals surface area contributed by atoms with Gasteiger partial charge in [-0.3, -0.25) is 9.69 Å². The topological polar surface area (TPSA) is 35.6 Å². The summed E-state index contributed by atoms with van der Waals surface area (Å²) in [6.07, 6.45) is 4.80. The standard InChI is InChI=1S/C13H25N3O/c1-3-7-14-9-13(17)16-8-6-11-4-5-12(10-16)15(11)2/h11-12,14H,3-10H2,1-2H3. The van der Waals surface area contributed by atoms with Gasteiger partial charge in [0.05, 0.1) is 6.54 Å². The number of hydrogen-bond donors (Lipinski definition) is 1. The van der Waals surface area contributed by atoms with Crippen LogP contribution in [0.1, 0.15) is 32.6 Å². The van der Waals surface area contributed by atoms with E-state index in [4.69, 9.17) is 0 Å². The minimum absolute atomic E-state index is 0.277. The van der Waals surface area contributed by atoms with Crippen molar-refractivity contribution in [2.24, 2.45) is 0 Å². The maximum atomic E-state index is 12.1. The molecule has 0 radical (unpaired) electrons. The first-order valence-corrected chi connectivity index (χ1v) is 6.92. The van der Waals surface area contributed by atoms with Gasteiger partial charge in [0.2, 0.25) is 5.91 Å². The number of nitrogens with zero attached hydrogens (tertiary/aromatic N) is 2. The highest BCUT2D eigenvalue weighted by Gasteiger charge is 2.35. The van der Waals surface area contributed by atoms with Crippen LogP contribution < -0.4 is 5.32 Å². The molecule has 98 valence electrons. The fraction of sp³-hybridized carbons (Fsp3) is 0.923. The number of carbonyl (C=O) groups is 1. The third-order valence-electron chi connectivity index (χ3n) is 4.20. The summed E-state index contributed by atoms with van der Waals surface area (Å²) in [6.45, 7) is 5.44. The molecule has 0 aromatic rings. The second kappa shape index (κ2) is 5.83. The lowest BCUT2D eigenvalue weighted by Crippen LogP contribution is -2.43. The zero-order valence-electron chi connectivity index (χ0n) is 11.1. The first kappa shape index (κ1) is 12.8. The van der Waals surface area contributed by atoms with Crippen molar-refractivity contribution in [1.82, 2.24) is 15.1 Å². The largest absolute Gasteiger partial charge is 0.340 e. The molecule has 0 saturated carbocycles. The summed E-state index contributed by atoms with van der Waals surface area (Å²) in [5.74, 6) is 0.277. The van der Waals surface area contributed by atoms with Crippen molar-refractivity contribution < 1.29 is 4.79 Å². The third-order valence-corrected chi connectivity index (χ3v) is 4.20. The highest BCUT2D eigenvalue weighted by atomic mass is 16.2. The first-order chi connectivity index (χ1) is 8.22. The molecule has 2 fully saturated rings. The van der Waals surface area contributed by atoms with Gasteiger partial charge in [-0.15, -0.1) is 0 Å². The van der Waals surface area contributed by atoms with E-state index in [0.29, 0.717) is 18.6 Å². The average Bonchev–Trinajstić information content (AvgIpc) is 2.53. The van der Waals surface area contributed by atoms with E-state index in [0.717, 1.165) is 32.5 Å². The van der Waals surface area contributed by atoms with Crippen LogP contribution in [0.4, 0.5) is 0 Å². The molecule has 2 atom stereocenters. The minimum Gasteiger partial charge on any atom is -0.340 e. The molecule has 4 nitrogen and oxygen atoms in total. The summed E-state index contributed by atoms with van der Waals surface area (Å²) in [6, 6.07) is 1.30. The van der Waals surface area contributed by atoms with Gasteiger partial charge >= 0.3 is 0 Å². The van der Waals surface area contributed by atoms with E-state index in [2.05, 4.69) is 29.1 Å². The van der Waals surface area contributed by atoms with Crippen LogP contribution >= 0.6 is 0 Å². The van der Waals surface area contributed by atoms with Crippen molar-refractivity contribution in [2.75, 3.05) is 33.2 Å². The van der Waals surface area contributed by atoms with E-state index >= 15 is 0 Å². The number of hydrogen-bond acceptors (Lipinski definition) is 3. The van der Waals surface area contributed by atoms with Crippen LogP contribution in [0.5, 0.6) is 0 Å². The van der Waals surface area contributed by atoms with Crippen LogP contribution in [0.2, 0.25) is 0 Å². The normalized spacial score (nSPS) is 29.4.